The van der Waals surface area contributed by atoms with Crippen molar-refractivity contribution in [1.82, 2.24) is 4.90 Å². The van der Waals surface area contributed by atoms with Crippen molar-refractivity contribution in [3.8, 4) is 0 Å². The quantitative estimate of drug-likeness (QED) is 0.348. The van der Waals surface area contributed by atoms with E-state index in [1.807, 2.05) is 0 Å². The molecule has 0 radical (unpaired) electrons. The number of carbonyl (C=O) groups excluding carboxylic acids is 1. The van der Waals surface area contributed by atoms with Gasteiger partial charge in [-0.2, -0.15) is 0 Å². The molecule has 0 saturated heterocycles. The smallest absolute Gasteiger partial charge is 0.317 e. The number of nitrogens with zero attached hydrogens (tertiary/aromatic N) is 1. The van der Waals surface area contributed by atoms with Gasteiger partial charge in [-0.15, -0.1) is 0 Å². The fraction of sp³-hybridized carbons (Fsp3) is 0.700. The average molecular weight is 261 g/mol. The summed E-state index contributed by atoms with van der Waals surface area (Å²) < 4.78 is 0. The Labute approximate surface area is 105 Å². The third kappa shape index (κ3) is 6.81. The number of carboxylic acids is 2. The molecule has 1 atom stereocenters. The Kier molecular flexibility index (Phi) is 7.64. The molecule has 0 aromatic rings. The van der Waals surface area contributed by atoms with Gasteiger partial charge in [-0.1, -0.05) is 6.42 Å². The van der Waals surface area contributed by atoms with Gasteiger partial charge in [0, 0.05) is 0 Å². The molecule has 0 unspecified atom stereocenters. The van der Waals surface area contributed by atoms with Crippen LogP contribution in [0.5, 0.6) is 0 Å². The fourth-order valence-electron chi connectivity index (χ4n) is 1.61. The van der Waals surface area contributed by atoms with E-state index in [4.69, 9.17) is 21.7 Å². The molecule has 0 bridgehead atoms. The van der Waals surface area contributed by atoms with E-state index in [0.717, 1.165) is 4.90 Å². The molecule has 0 spiro atoms. The van der Waals surface area contributed by atoms with Crippen molar-refractivity contribution in [3.63, 3.8) is 0 Å². The molecule has 0 aliphatic heterocycles. The van der Waals surface area contributed by atoms with Crippen LogP contribution in [0.25, 0.3) is 0 Å². The van der Waals surface area contributed by atoms with Crippen molar-refractivity contribution >= 4 is 17.8 Å². The minimum Gasteiger partial charge on any atom is -0.480 e. The SMILES string of the molecule is NCCCC[C@@H](C(N)=O)N(CC(=O)O)CC(=O)O. The summed E-state index contributed by atoms with van der Waals surface area (Å²) in [6.45, 7) is -0.631. The van der Waals surface area contributed by atoms with Crippen molar-refractivity contribution in [2.75, 3.05) is 19.6 Å². The Bertz CT molecular complexity index is 292. The molecule has 0 heterocycles. The van der Waals surface area contributed by atoms with Gasteiger partial charge in [0.15, 0.2) is 0 Å². The highest BCUT2D eigenvalue weighted by molar-refractivity contribution is 5.82. The predicted molar refractivity (Wildman–Crippen MR) is 62.7 cm³/mol. The Morgan fingerprint density at radius 3 is 1.89 bits per heavy atom. The molecule has 8 nitrogen and oxygen atoms in total. The van der Waals surface area contributed by atoms with Crippen LogP contribution in [-0.2, 0) is 14.4 Å². The lowest BCUT2D eigenvalue weighted by Crippen LogP contribution is -2.49. The molecule has 0 saturated carbocycles. The van der Waals surface area contributed by atoms with Crippen molar-refractivity contribution in [2.24, 2.45) is 11.5 Å². The summed E-state index contributed by atoms with van der Waals surface area (Å²) in [7, 11) is 0. The third-order valence-electron chi connectivity index (χ3n) is 2.38. The van der Waals surface area contributed by atoms with Crippen LogP contribution < -0.4 is 11.5 Å². The van der Waals surface area contributed by atoms with Crippen LogP contribution in [-0.4, -0.2) is 58.6 Å². The maximum atomic E-state index is 11.3. The standard InChI is InChI=1S/C10H19N3O5/c11-4-2-1-3-7(10(12)18)13(5-8(14)15)6-9(16)17/h7H,1-6,11H2,(H2,12,18)(H,14,15)(H,16,17)/t7-/m0/s1. The minimum absolute atomic E-state index is 0.299. The van der Waals surface area contributed by atoms with Gasteiger partial charge in [-0.05, 0) is 19.4 Å². The highest BCUT2D eigenvalue weighted by Gasteiger charge is 2.26. The van der Waals surface area contributed by atoms with Crippen LogP contribution in [0.4, 0.5) is 0 Å². The number of nitrogens with two attached hydrogens (primary N) is 2. The molecule has 0 aliphatic rings. The van der Waals surface area contributed by atoms with Crippen molar-refractivity contribution in [1.29, 1.82) is 0 Å². The Morgan fingerprint density at radius 1 is 1.06 bits per heavy atom. The minimum atomic E-state index is -1.21. The molecule has 104 valence electrons. The van der Waals surface area contributed by atoms with Crippen molar-refractivity contribution in [3.05, 3.63) is 0 Å². The van der Waals surface area contributed by atoms with Crippen LogP contribution in [0.15, 0.2) is 0 Å². The first kappa shape index (κ1) is 16.3. The molecule has 0 aliphatic carbocycles. The normalized spacial score (nSPS) is 12.3. The zero-order valence-electron chi connectivity index (χ0n) is 10.0. The van der Waals surface area contributed by atoms with Gasteiger partial charge < -0.3 is 21.7 Å². The van der Waals surface area contributed by atoms with Crippen LogP contribution >= 0.6 is 0 Å². The summed E-state index contributed by atoms with van der Waals surface area (Å²) in [5.41, 5.74) is 10.5. The maximum Gasteiger partial charge on any atom is 0.317 e. The number of rotatable bonds is 10. The van der Waals surface area contributed by atoms with E-state index in [1.54, 1.807) is 0 Å². The summed E-state index contributed by atoms with van der Waals surface area (Å²) in [5.74, 6) is -3.14. The predicted octanol–water partition coefficient (Wildman–Crippen LogP) is -1.56. The topological polar surface area (TPSA) is 147 Å². The lowest BCUT2D eigenvalue weighted by atomic mass is 10.1. The second kappa shape index (κ2) is 8.43. The Balaban J connectivity index is 4.67. The lowest BCUT2D eigenvalue weighted by Gasteiger charge is -2.26. The first-order valence-electron chi connectivity index (χ1n) is 5.55. The lowest BCUT2D eigenvalue weighted by molar-refractivity contribution is -0.144. The highest BCUT2D eigenvalue weighted by Crippen LogP contribution is 2.08. The average Bonchev–Trinajstić information content (AvgIpc) is 2.21. The molecule has 0 fully saturated rings. The van der Waals surface area contributed by atoms with Gasteiger partial charge in [-0.25, -0.2) is 0 Å². The number of hydrogen-bond donors (Lipinski definition) is 4. The fourth-order valence-corrected chi connectivity index (χ4v) is 1.61. The zero-order chi connectivity index (χ0) is 14.1. The second-order valence-corrected chi connectivity index (χ2v) is 3.90. The monoisotopic (exact) mass is 261 g/mol. The van der Waals surface area contributed by atoms with Crippen LogP contribution in [0, 0.1) is 0 Å². The number of carboxylic acid groups (broad SMARTS) is 2. The summed E-state index contributed by atoms with van der Waals surface area (Å²) >= 11 is 0. The van der Waals surface area contributed by atoms with Gasteiger partial charge in [0.1, 0.15) is 0 Å². The molecule has 0 aromatic heterocycles. The van der Waals surface area contributed by atoms with Gasteiger partial charge in [-0.3, -0.25) is 19.3 Å². The van der Waals surface area contributed by atoms with Gasteiger partial charge in [0.25, 0.3) is 0 Å². The van der Waals surface area contributed by atoms with Crippen LogP contribution in [0.2, 0.25) is 0 Å². The second-order valence-electron chi connectivity index (χ2n) is 3.90. The van der Waals surface area contributed by atoms with Crippen molar-refractivity contribution in [2.45, 2.75) is 25.3 Å². The van der Waals surface area contributed by atoms with Gasteiger partial charge in [0.2, 0.25) is 5.91 Å². The number of primary amides is 1. The van der Waals surface area contributed by atoms with E-state index in [2.05, 4.69) is 0 Å². The summed E-state index contributed by atoms with van der Waals surface area (Å²) in [4.78, 5) is 33.6. The third-order valence-corrected chi connectivity index (χ3v) is 2.38. The number of carbonyl (C=O) groups is 3. The molecule has 8 heteroatoms. The number of hydrogen-bond acceptors (Lipinski definition) is 5. The van der Waals surface area contributed by atoms with E-state index >= 15 is 0 Å². The van der Waals surface area contributed by atoms with Crippen molar-refractivity contribution < 1.29 is 24.6 Å². The van der Waals surface area contributed by atoms with Crippen LogP contribution in [0.1, 0.15) is 19.3 Å². The van der Waals surface area contributed by atoms with E-state index < -0.39 is 37.0 Å². The summed E-state index contributed by atoms with van der Waals surface area (Å²) in [6, 6.07) is -0.899. The Hall–Kier alpha value is -1.67. The van der Waals surface area contributed by atoms with E-state index in [9.17, 15) is 14.4 Å². The summed E-state index contributed by atoms with van der Waals surface area (Å²) in [6.07, 6.45) is 1.55. The molecule has 0 aromatic carbocycles. The Morgan fingerprint density at radius 2 is 1.56 bits per heavy atom. The number of amides is 1. The van der Waals surface area contributed by atoms with E-state index in [-0.39, 0.29) is 0 Å². The molecule has 0 rings (SSSR count). The first-order valence-corrected chi connectivity index (χ1v) is 5.55. The number of unbranched alkanes of at least 4 members (excludes halogenated alkanes) is 1. The van der Waals surface area contributed by atoms with Gasteiger partial charge >= 0.3 is 11.9 Å². The molecular formula is C10H19N3O5. The molecule has 1 amide bonds. The maximum absolute atomic E-state index is 11.3. The molecular weight excluding hydrogens is 242 g/mol. The first-order chi connectivity index (χ1) is 8.38. The van der Waals surface area contributed by atoms with Gasteiger partial charge in [0.05, 0.1) is 19.1 Å². The van der Waals surface area contributed by atoms with E-state index in [1.165, 1.54) is 0 Å². The number of aliphatic carboxylic acids is 2. The van der Waals surface area contributed by atoms with Crippen LogP contribution in [0.3, 0.4) is 0 Å². The largest absolute Gasteiger partial charge is 0.480 e. The summed E-state index contributed by atoms with van der Waals surface area (Å²) in [5, 5.41) is 17.4. The molecule has 6 N–H and O–H groups in total. The zero-order valence-corrected chi connectivity index (χ0v) is 10.0. The molecule has 18 heavy (non-hydrogen) atoms. The highest BCUT2D eigenvalue weighted by atomic mass is 16.4. The van der Waals surface area contributed by atoms with E-state index in [0.29, 0.717) is 25.8 Å².